The van der Waals surface area contributed by atoms with E-state index in [9.17, 15) is 9.59 Å². The van der Waals surface area contributed by atoms with Crippen LogP contribution in [0.15, 0.2) is 18.2 Å². The lowest BCUT2D eigenvalue weighted by Gasteiger charge is -2.27. The molecule has 0 saturated carbocycles. The van der Waals surface area contributed by atoms with Crippen molar-refractivity contribution in [3.63, 3.8) is 0 Å². The Balaban J connectivity index is 2.01. The fourth-order valence-corrected chi connectivity index (χ4v) is 2.75. The Morgan fingerprint density at radius 3 is 2.58 bits per heavy atom. The van der Waals surface area contributed by atoms with Crippen LogP contribution in [0, 0.1) is 5.92 Å². The van der Waals surface area contributed by atoms with Gasteiger partial charge in [-0.3, -0.25) is 4.79 Å². The van der Waals surface area contributed by atoms with Gasteiger partial charge in [-0.1, -0.05) is 33.8 Å². The zero-order valence-electron chi connectivity index (χ0n) is 16.0. The molecule has 144 valence electrons. The Hall–Kier alpha value is -2.44. The second-order valence-corrected chi connectivity index (χ2v) is 7.49. The largest absolute Gasteiger partial charge is 0.454 e. The van der Waals surface area contributed by atoms with Crippen LogP contribution in [0.5, 0.6) is 11.5 Å². The highest BCUT2D eigenvalue weighted by molar-refractivity contribution is 5.85. The molecule has 1 aliphatic rings. The number of benzene rings is 1. The molecule has 7 heteroatoms. The molecule has 1 heterocycles. The smallest absolute Gasteiger partial charge is 0.407 e. The van der Waals surface area contributed by atoms with E-state index in [-0.39, 0.29) is 24.0 Å². The second-order valence-electron chi connectivity index (χ2n) is 7.49. The molecule has 1 atom stereocenters. The molecule has 26 heavy (non-hydrogen) atoms. The highest BCUT2D eigenvalue weighted by Crippen LogP contribution is 2.36. The van der Waals surface area contributed by atoms with Gasteiger partial charge >= 0.3 is 6.09 Å². The van der Waals surface area contributed by atoms with Crippen LogP contribution in [0.25, 0.3) is 0 Å². The van der Waals surface area contributed by atoms with E-state index in [1.54, 1.807) is 0 Å². The summed E-state index contributed by atoms with van der Waals surface area (Å²) in [6, 6.07) is 5.15. The predicted molar refractivity (Wildman–Crippen MR) is 97.4 cm³/mol. The molecule has 1 aromatic rings. The molecule has 0 spiro atoms. The van der Waals surface area contributed by atoms with E-state index in [1.807, 2.05) is 45.9 Å². The van der Waals surface area contributed by atoms with E-state index >= 15 is 0 Å². The van der Waals surface area contributed by atoms with Crippen LogP contribution in [0.3, 0.4) is 0 Å². The number of carbonyl (C=O) groups is 2. The molecular formula is C19H28N2O5. The van der Waals surface area contributed by atoms with E-state index in [0.717, 1.165) is 11.3 Å². The van der Waals surface area contributed by atoms with Crippen molar-refractivity contribution in [2.75, 3.05) is 20.4 Å². The summed E-state index contributed by atoms with van der Waals surface area (Å²) in [5, 5.41) is 5.54. The van der Waals surface area contributed by atoms with Crippen LogP contribution >= 0.6 is 0 Å². The monoisotopic (exact) mass is 364 g/mol. The zero-order valence-corrected chi connectivity index (χ0v) is 16.0. The van der Waals surface area contributed by atoms with Gasteiger partial charge in [0.05, 0.1) is 7.11 Å². The highest BCUT2D eigenvalue weighted by atomic mass is 16.7. The Kier molecular flexibility index (Phi) is 6.34. The van der Waals surface area contributed by atoms with Gasteiger partial charge in [-0.25, -0.2) is 4.79 Å². The summed E-state index contributed by atoms with van der Waals surface area (Å²) >= 11 is 0. The van der Waals surface area contributed by atoms with Gasteiger partial charge in [0.25, 0.3) is 0 Å². The topological polar surface area (TPSA) is 85.9 Å². The predicted octanol–water partition coefficient (Wildman–Crippen LogP) is 2.58. The first kappa shape index (κ1) is 19.9. The summed E-state index contributed by atoms with van der Waals surface area (Å²) in [6.07, 6.45) is -0.0772. The van der Waals surface area contributed by atoms with Crippen LogP contribution in [0.1, 0.15) is 39.7 Å². The van der Waals surface area contributed by atoms with Crippen molar-refractivity contribution in [1.29, 1.82) is 0 Å². The molecule has 0 radical (unpaired) electrons. The number of rotatable bonds is 7. The molecule has 0 aliphatic carbocycles. The molecule has 0 saturated heterocycles. The van der Waals surface area contributed by atoms with Gasteiger partial charge in [0, 0.05) is 12.0 Å². The highest BCUT2D eigenvalue weighted by Gasteiger charge is 2.27. The molecule has 0 aromatic heterocycles. The average molecular weight is 364 g/mol. The van der Waals surface area contributed by atoms with Gasteiger partial charge in [0.2, 0.25) is 12.7 Å². The third-order valence-corrected chi connectivity index (χ3v) is 4.36. The number of ether oxygens (including phenoxy) is 3. The minimum absolute atomic E-state index is 0.224. The number of amides is 2. The van der Waals surface area contributed by atoms with Crippen LogP contribution in [0.4, 0.5) is 4.79 Å². The Morgan fingerprint density at radius 2 is 1.92 bits per heavy atom. The molecule has 2 amide bonds. The fraction of sp³-hybridized carbons (Fsp3) is 0.579. The molecule has 1 aliphatic heterocycles. The van der Waals surface area contributed by atoms with Crippen molar-refractivity contribution in [3.8, 4) is 11.5 Å². The van der Waals surface area contributed by atoms with Crippen molar-refractivity contribution < 1.29 is 23.8 Å². The average Bonchev–Trinajstić information content (AvgIpc) is 3.06. The third kappa shape index (κ3) is 5.03. The number of hydrogen-bond donors (Lipinski definition) is 2. The Labute approximate surface area is 154 Å². The van der Waals surface area contributed by atoms with Gasteiger partial charge in [-0.2, -0.15) is 0 Å². The number of methoxy groups -OCH3 is 1. The molecule has 0 fully saturated rings. The lowest BCUT2D eigenvalue weighted by atomic mass is 9.84. The number of hydrogen-bond acceptors (Lipinski definition) is 5. The Bertz CT molecular complexity index is 657. The van der Waals surface area contributed by atoms with E-state index in [0.29, 0.717) is 18.7 Å². The van der Waals surface area contributed by atoms with E-state index < -0.39 is 12.1 Å². The molecule has 2 N–H and O–H groups in total. The molecule has 0 bridgehead atoms. The number of carbonyl (C=O) groups excluding carboxylic acids is 2. The van der Waals surface area contributed by atoms with Crippen LogP contribution < -0.4 is 20.1 Å². The first-order valence-corrected chi connectivity index (χ1v) is 8.75. The van der Waals surface area contributed by atoms with Gasteiger partial charge in [-0.05, 0) is 30.0 Å². The van der Waals surface area contributed by atoms with Crippen LogP contribution in [-0.4, -0.2) is 38.5 Å². The number of nitrogens with one attached hydrogen (secondary N) is 2. The molecule has 1 aromatic carbocycles. The van der Waals surface area contributed by atoms with Crippen molar-refractivity contribution in [2.45, 2.75) is 45.6 Å². The first-order chi connectivity index (χ1) is 12.2. The SMILES string of the molecule is COC(=O)NC(CC(C)C)C(=O)NCC(C)(C)c1ccc2c(c1)OCO2. The van der Waals surface area contributed by atoms with Crippen LogP contribution in [-0.2, 0) is 14.9 Å². The number of alkyl carbamates (subject to hydrolysis) is 1. The summed E-state index contributed by atoms with van der Waals surface area (Å²) in [6.45, 7) is 8.71. The third-order valence-electron chi connectivity index (χ3n) is 4.36. The molecule has 7 nitrogen and oxygen atoms in total. The molecular weight excluding hydrogens is 336 g/mol. The van der Waals surface area contributed by atoms with Crippen LogP contribution in [0.2, 0.25) is 0 Å². The minimum atomic E-state index is -0.630. The van der Waals surface area contributed by atoms with Gasteiger partial charge in [-0.15, -0.1) is 0 Å². The van der Waals surface area contributed by atoms with Gasteiger partial charge in [0.1, 0.15) is 6.04 Å². The maximum absolute atomic E-state index is 12.6. The summed E-state index contributed by atoms with van der Waals surface area (Å²) in [5.41, 5.74) is 0.716. The standard InChI is InChI=1S/C19H28N2O5/c1-12(2)8-14(21-18(23)24-5)17(22)20-10-19(3,4)13-6-7-15-16(9-13)26-11-25-15/h6-7,9,12,14H,8,10-11H2,1-5H3,(H,20,22)(H,21,23). The molecule has 1 unspecified atom stereocenters. The lowest BCUT2D eigenvalue weighted by molar-refractivity contribution is -0.123. The maximum Gasteiger partial charge on any atom is 0.407 e. The van der Waals surface area contributed by atoms with Crippen molar-refractivity contribution >= 4 is 12.0 Å². The van der Waals surface area contributed by atoms with Gasteiger partial charge < -0.3 is 24.8 Å². The summed E-state index contributed by atoms with van der Waals surface area (Å²) in [7, 11) is 1.28. The van der Waals surface area contributed by atoms with Crippen molar-refractivity contribution in [3.05, 3.63) is 23.8 Å². The van der Waals surface area contributed by atoms with Gasteiger partial charge in [0.15, 0.2) is 11.5 Å². The van der Waals surface area contributed by atoms with E-state index in [4.69, 9.17) is 9.47 Å². The summed E-state index contributed by atoms with van der Waals surface area (Å²) in [5.74, 6) is 1.47. The summed E-state index contributed by atoms with van der Waals surface area (Å²) < 4.78 is 15.4. The minimum Gasteiger partial charge on any atom is -0.454 e. The first-order valence-electron chi connectivity index (χ1n) is 8.75. The molecule has 2 rings (SSSR count). The number of fused-ring (bicyclic) bond motifs is 1. The quantitative estimate of drug-likeness (QED) is 0.777. The van der Waals surface area contributed by atoms with E-state index in [1.165, 1.54) is 7.11 Å². The maximum atomic E-state index is 12.6. The lowest BCUT2D eigenvalue weighted by Crippen LogP contribution is -2.49. The normalized spacial score (nSPS) is 14.1. The van der Waals surface area contributed by atoms with Crippen molar-refractivity contribution in [2.24, 2.45) is 5.92 Å². The zero-order chi connectivity index (χ0) is 19.3. The Morgan fingerprint density at radius 1 is 1.23 bits per heavy atom. The van der Waals surface area contributed by atoms with Crippen molar-refractivity contribution in [1.82, 2.24) is 10.6 Å². The summed E-state index contributed by atoms with van der Waals surface area (Å²) in [4.78, 5) is 24.1. The fourth-order valence-electron chi connectivity index (χ4n) is 2.75. The van der Waals surface area contributed by atoms with E-state index in [2.05, 4.69) is 15.4 Å². The second kappa shape index (κ2) is 8.29.